The van der Waals surface area contributed by atoms with E-state index in [1.54, 1.807) is 0 Å². The van der Waals surface area contributed by atoms with E-state index in [-0.39, 0.29) is 584 Å². The van der Waals surface area contributed by atoms with Gasteiger partial charge in [0.2, 0.25) is 0 Å². The monoisotopic (exact) mass is 2210 g/mol. The number of hydrogen-bond acceptors (Lipinski definition) is 51. The zero-order valence-electron chi connectivity index (χ0n) is 79.3. The van der Waals surface area contributed by atoms with E-state index in [2.05, 4.69) is 0 Å². The summed E-state index contributed by atoms with van der Waals surface area (Å²) in [6.07, 6.45) is -26.3. The summed E-state index contributed by atoms with van der Waals surface area (Å²) in [5.74, 6) is -29.6. The third kappa shape index (κ3) is 85.7. The number of carbonyl (C=O) groups is 16. The molecule has 0 aromatic heterocycles. The molecule has 2 saturated heterocycles. The van der Waals surface area contributed by atoms with Crippen LogP contribution in [0.3, 0.4) is 0 Å². The minimum absolute atomic E-state index is 0. The molecule has 135 heavy (non-hydrogen) atoms. The molecule has 67 heteroatoms. The number of carboxylic acid groups (broad SMARTS) is 16. The van der Waals surface area contributed by atoms with Gasteiger partial charge in [0.25, 0.3) is 0 Å². The summed E-state index contributed by atoms with van der Waals surface area (Å²) in [6.45, 7) is -4.77. The zero-order chi connectivity index (χ0) is 89.1. The van der Waals surface area contributed by atoms with Crippen LogP contribution in [0.2, 0.25) is 0 Å². The van der Waals surface area contributed by atoms with Crippen LogP contribution in [0.1, 0.15) is 103 Å². The summed E-state index contributed by atoms with van der Waals surface area (Å²) in [7, 11) is 0. The Morgan fingerprint density at radius 2 is 0.370 bits per heavy atom. The quantitative estimate of drug-likeness (QED) is 0.0403. The largest absolute Gasteiger partial charge is 1.00 e. The third-order valence-corrected chi connectivity index (χ3v) is 26.2. The first-order valence-electron chi connectivity index (χ1n) is 36.3. The van der Waals surface area contributed by atoms with E-state index in [4.69, 9.17) is 52.1 Å². The Kier molecular flexibility index (Phi) is 142. The SMILES string of the molecule is O=C([O-])CC(SCCCOC[C@H]1O[C@@H](O[C@H]2[C@H](OCCCSC(CC(=O)[O-])C(=O)[O-])[C@@H](OCCCSC(CC(=O)[O-])C(=O)[O-])C(OCCCSC(CC(=O)[O-])C(=O)[O-])O[C@@H]2COCCCSC(CC(=O)[O-])C(=O)[O-])[C@H](OCCCSC(CC(=O)[O-])C(=O)[O-])[C@@H](OCCCSC(CC(=O)[O-])C(=O)[O-])[C@@H]1OCCCSC(CC(=O)[O-])C(=O)[O-])C(=O)[O-].[Na+].[Na+].[Na+].[Na+].[Na+].[Na+].[Na+].[Na+].[Na+].[Na+].[Na+].[Na+].[Na+].[Na+].[Na+].[Na+]. The van der Waals surface area contributed by atoms with Crippen molar-refractivity contribution in [2.24, 2.45) is 0 Å². The Morgan fingerprint density at radius 3 is 0.578 bits per heavy atom. The summed E-state index contributed by atoms with van der Waals surface area (Å²) in [5.41, 5.74) is 0. The minimum Gasteiger partial charge on any atom is -0.550 e. The molecule has 0 N–H and O–H groups in total. The minimum atomic E-state index is -2.02. The van der Waals surface area contributed by atoms with Crippen molar-refractivity contribution in [3.05, 3.63) is 0 Å². The van der Waals surface area contributed by atoms with Crippen molar-refractivity contribution in [3.8, 4) is 0 Å². The fourth-order valence-electron chi connectivity index (χ4n) is 10.6. The number of ether oxygens (including phenoxy) is 11. The van der Waals surface area contributed by atoms with Gasteiger partial charge in [0, 0.05) is 187 Å². The van der Waals surface area contributed by atoms with Crippen LogP contribution in [0, 0.1) is 0 Å². The fraction of sp³-hybridized carbons (Fsp3) is 0.765. The molecule has 0 aromatic carbocycles. The molecule has 43 nitrogen and oxygen atoms in total. The van der Waals surface area contributed by atoms with Gasteiger partial charge in [-0.3, -0.25) is 0 Å². The molecule has 9 unspecified atom stereocenters. The van der Waals surface area contributed by atoms with E-state index in [9.17, 15) is 158 Å². The third-order valence-electron chi connectivity index (χ3n) is 15.9. The van der Waals surface area contributed by atoms with Crippen LogP contribution in [0.25, 0.3) is 0 Å². The molecule has 18 atom stereocenters. The molecular weight excluding hydrogens is 2130 g/mol. The van der Waals surface area contributed by atoms with Crippen molar-refractivity contribution in [1.29, 1.82) is 0 Å². The number of carbonyl (C=O) groups excluding carboxylic acids is 16. The maximum Gasteiger partial charge on any atom is 1.00 e. The molecule has 0 spiro atoms. The predicted octanol–water partition coefficient (Wildman–Crippen LogP) is -66.1. The topological polar surface area (TPSA) is 744 Å². The Balaban J connectivity index is -0.000000692. The van der Waals surface area contributed by atoms with Crippen LogP contribution in [0.5, 0.6) is 0 Å². The van der Waals surface area contributed by atoms with Crippen LogP contribution in [0.15, 0.2) is 0 Å². The Bertz CT molecular complexity index is 3270. The number of carboxylic acids is 16. The molecule has 0 aliphatic carbocycles. The van der Waals surface area contributed by atoms with Crippen molar-refractivity contribution >= 4 is 190 Å². The molecule has 0 bridgehead atoms. The second kappa shape index (κ2) is 108. The number of hydrogen-bond donors (Lipinski definition) is 0. The first-order chi connectivity index (χ1) is 56.3. The van der Waals surface area contributed by atoms with Gasteiger partial charge in [-0.15, -0.1) is 0 Å². The molecule has 0 saturated carbocycles. The molecule has 2 aliphatic heterocycles. The maximum absolute atomic E-state index is 12.1. The molecule has 0 radical (unpaired) electrons. The average Bonchev–Trinajstić information content (AvgIpc) is 0.767. The molecule has 2 rings (SSSR count). The second-order valence-corrected chi connectivity index (χ2v) is 35.7. The van der Waals surface area contributed by atoms with Crippen molar-refractivity contribution in [2.75, 3.05) is 112 Å². The van der Waals surface area contributed by atoms with Crippen LogP contribution in [0.4, 0.5) is 0 Å². The second-order valence-electron chi connectivity index (χ2n) is 25.2. The number of aliphatic carboxylic acids is 16. The summed E-state index contributed by atoms with van der Waals surface area (Å²) < 4.78 is 72.1. The van der Waals surface area contributed by atoms with Gasteiger partial charge >= 0.3 is 473 Å². The Labute approximate surface area is 1170 Å². The van der Waals surface area contributed by atoms with Gasteiger partial charge in [0.05, 0.1) is 67.6 Å². The van der Waals surface area contributed by atoms with Crippen molar-refractivity contribution in [1.82, 2.24) is 0 Å². The van der Waals surface area contributed by atoms with E-state index in [1.165, 1.54) is 0 Å². The van der Waals surface area contributed by atoms with Gasteiger partial charge in [0.1, 0.15) is 48.8 Å². The molecule has 2 aliphatic rings. The van der Waals surface area contributed by atoms with Gasteiger partial charge in [-0.25, -0.2) is 0 Å². The average molecular weight is 2220 g/mol. The fourth-order valence-corrected chi connectivity index (χ4v) is 18.3. The van der Waals surface area contributed by atoms with E-state index in [1.807, 2.05) is 0 Å². The van der Waals surface area contributed by atoms with Crippen LogP contribution in [-0.2, 0) is 129 Å². The summed E-state index contributed by atoms with van der Waals surface area (Å²) >= 11 is 4.85. The molecule has 2 heterocycles. The Morgan fingerprint density at radius 1 is 0.207 bits per heavy atom. The van der Waals surface area contributed by atoms with Gasteiger partial charge in [-0.05, 0) is 97.4 Å². The molecule has 0 aromatic rings. The van der Waals surface area contributed by atoms with Crippen LogP contribution >= 0.6 is 94.1 Å². The van der Waals surface area contributed by atoms with E-state index >= 15 is 0 Å². The standard InChI is InChI=1S/C68H102O43S8.16Na/c69-45(70)25-37(59(85)86)112-17-1-9-101-33-35-53(103-11-3-19-114-39(61(89)90)27-47(73)74)55(104-12-4-20-115-40(62(91)92)28-48(75)76)58(107-15-7-23-118-43(65(97)98)31-51(81)82)68(110-35)111-54-36(34-102-10-2-18-113-38(60(87)88)26-46(71)72)109-67(108-16-8-24-119-44(66(99)100)32-52(83)84)57(106-14-6-22-117-42(64(95)96)30-50(79)80)56(54)105-13-5-21-116-41(63(93)94)29-49(77)78;;;;;;;;;;;;;;;;/h35-44,53-58,67-68H,1-34H2,(H,69,70)(H,71,72)(H,73,74)(H,75,76)(H,77,78)(H,79,80)(H,81,82)(H,83,84)(H,85,86)(H,87,88)(H,89,90)(H,91,92)(H,93,94)(H,95,96)(H,97,98)(H,99,100);;;;;;;;;;;;;;;;/q;16*+1/p-16/t35-,36-,37?,38?,39?,40?,41?,42?,43?,44?,53-,54-,55+,56+,57-,58-,67?,68+;;;;;;;;;;;;;;;;/m1................/s1. The van der Waals surface area contributed by atoms with Crippen molar-refractivity contribution < 1.29 is 683 Å². The van der Waals surface area contributed by atoms with Gasteiger partial charge in [0.15, 0.2) is 12.6 Å². The smallest absolute Gasteiger partial charge is 0.550 e. The zero-order valence-corrected chi connectivity index (χ0v) is 118. The van der Waals surface area contributed by atoms with Crippen molar-refractivity contribution in [2.45, 2.75) is 206 Å². The summed E-state index contributed by atoms with van der Waals surface area (Å²) in [6, 6.07) is 0. The first-order valence-corrected chi connectivity index (χ1v) is 44.7. The van der Waals surface area contributed by atoms with Crippen LogP contribution in [-0.4, -0.2) is 311 Å². The molecule has 680 valence electrons. The number of thioether (sulfide) groups is 8. The van der Waals surface area contributed by atoms with Crippen LogP contribution < -0.4 is 555 Å². The van der Waals surface area contributed by atoms with E-state index in [0.29, 0.717) is 94.1 Å². The summed E-state index contributed by atoms with van der Waals surface area (Å²) in [5, 5.41) is 175. The Hall–Kier alpha value is 9.88. The molecular formula is C68H86Na16O43S8. The van der Waals surface area contributed by atoms with Crippen molar-refractivity contribution in [3.63, 3.8) is 0 Å². The molecule has 0 amide bonds. The molecule has 2 fully saturated rings. The van der Waals surface area contributed by atoms with Gasteiger partial charge in [-0.2, -0.15) is 94.1 Å². The van der Waals surface area contributed by atoms with E-state index < -0.39 is 303 Å². The maximum atomic E-state index is 12.1. The normalized spacial score (nSPS) is 18.7. The predicted molar refractivity (Wildman–Crippen MR) is 382 cm³/mol. The first kappa shape index (κ1) is 178. The van der Waals surface area contributed by atoms with Gasteiger partial charge < -0.3 is 211 Å². The van der Waals surface area contributed by atoms with Gasteiger partial charge in [-0.1, -0.05) is 0 Å². The summed E-state index contributed by atoms with van der Waals surface area (Å²) in [4.78, 5) is 188. The van der Waals surface area contributed by atoms with E-state index in [0.717, 1.165) is 0 Å². The number of rotatable bonds is 76.